The van der Waals surface area contributed by atoms with Crippen molar-refractivity contribution in [2.24, 2.45) is 10.7 Å². The van der Waals surface area contributed by atoms with Gasteiger partial charge in [0.2, 0.25) is 15.9 Å². The third-order valence-corrected chi connectivity index (χ3v) is 6.76. The van der Waals surface area contributed by atoms with Gasteiger partial charge in [0, 0.05) is 52.4 Å². The molecule has 0 spiro atoms. The third kappa shape index (κ3) is 5.91. The summed E-state index contributed by atoms with van der Waals surface area (Å²) in [6, 6.07) is -0.0307. The summed E-state index contributed by atoms with van der Waals surface area (Å²) in [7, 11) is -1.45. The van der Waals surface area contributed by atoms with Crippen LogP contribution in [0.15, 0.2) is 4.99 Å². The topological polar surface area (TPSA) is 111 Å². The van der Waals surface area contributed by atoms with E-state index in [2.05, 4.69) is 20.1 Å². The zero-order chi connectivity index (χ0) is 19.5. The molecule has 9 nitrogen and oxygen atoms in total. The van der Waals surface area contributed by atoms with E-state index >= 15 is 0 Å². The third-order valence-electron chi connectivity index (χ3n) is 5.43. The summed E-state index contributed by atoms with van der Waals surface area (Å²) < 4.78 is 25.3. The zero-order valence-electron chi connectivity index (χ0n) is 16.6. The molecule has 27 heavy (non-hydrogen) atoms. The van der Waals surface area contributed by atoms with Crippen LogP contribution < -0.4 is 11.1 Å². The van der Waals surface area contributed by atoms with Crippen molar-refractivity contribution >= 4 is 45.9 Å². The van der Waals surface area contributed by atoms with Gasteiger partial charge < -0.3 is 16.0 Å². The smallest absolute Gasteiger partial charge is 0.237 e. The van der Waals surface area contributed by atoms with E-state index in [0.717, 1.165) is 45.0 Å². The van der Waals surface area contributed by atoms with E-state index in [-0.39, 0.29) is 35.9 Å². The lowest BCUT2D eigenvalue weighted by Crippen LogP contribution is -2.61. The normalized spacial score (nSPS) is 23.2. The summed E-state index contributed by atoms with van der Waals surface area (Å²) in [5, 5.41) is 3.32. The Morgan fingerprint density at radius 1 is 1.22 bits per heavy atom. The van der Waals surface area contributed by atoms with Gasteiger partial charge in [0.25, 0.3) is 0 Å². The molecule has 0 radical (unpaired) electrons. The Kier molecular flexibility index (Phi) is 8.76. The number of rotatable bonds is 5. The Labute approximate surface area is 179 Å². The molecule has 2 aliphatic heterocycles. The first kappa shape index (κ1) is 24.4. The van der Waals surface area contributed by atoms with Gasteiger partial charge >= 0.3 is 0 Å². The molecule has 0 unspecified atom stereocenters. The Hall–Kier alpha value is -0.660. The molecule has 1 amide bonds. The number of nitrogens with two attached hydrogens (primary N) is 1. The predicted molar refractivity (Wildman–Crippen MR) is 118 cm³/mol. The summed E-state index contributed by atoms with van der Waals surface area (Å²) in [6.07, 6.45) is 3.01. The lowest BCUT2D eigenvalue weighted by Gasteiger charge is -2.43. The fourth-order valence-electron chi connectivity index (χ4n) is 3.62. The first-order valence-electron chi connectivity index (χ1n) is 9.04. The number of primary amides is 1. The molecular weight excluding hydrogens is 483 g/mol. The first-order chi connectivity index (χ1) is 12.1. The van der Waals surface area contributed by atoms with Crippen molar-refractivity contribution in [1.82, 2.24) is 19.4 Å². The fraction of sp³-hybridized carbons (Fsp3) is 0.875. The van der Waals surface area contributed by atoms with Crippen LogP contribution in [-0.4, -0.2) is 98.5 Å². The van der Waals surface area contributed by atoms with Gasteiger partial charge in [0.15, 0.2) is 5.96 Å². The second kappa shape index (κ2) is 9.70. The summed E-state index contributed by atoms with van der Waals surface area (Å²) in [4.78, 5) is 20.2. The molecule has 0 aromatic carbocycles. The highest BCUT2D eigenvalue weighted by atomic mass is 127. The van der Waals surface area contributed by atoms with Crippen LogP contribution >= 0.6 is 24.0 Å². The lowest BCUT2D eigenvalue weighted by atomic mass is 10.0. The number of piperazine rings is 1. The minimum atomic E-state index is -3.17. The van der Waals surface area contributed by atoms with Crippen LogP contribution in [0, 0.1) is 0 Å². The monoisotopic (exact) mass is 516 g/mol. The Balaban J connectivity index is 0.00000364. The van der Waals surface area contributed by atoms with Crippen molar-refractivity contribution in [3.63, 3.8) is 0 Å². The summed E-state index contributed by atoms with van der Waals surface area (Å²) in [5.74, 6) is 0.442. The molecule has 2 heterocycles. The standard InChI is InChI=1S/C16H32N6O3S.HI/c1-16(2,14(17)23)21-10-8-20(9-11-21)15(18-3)19-12-13-6-5-7-22(13)26(4,24)25;/h13H,5-12H2,1-4H3,(H2,17,23)(H,18,19);1H/t13-;/m1./s1. The molecule has 0 aliphatic carbocycles. The van der Waals surface area contributed by atoms with E-state index in [4.69, 9.17) is 5.73 Å². The van der Waals surface area contributed by atoms with E-state index in [0.29, 0.717) is 13.1 Å². The molecule has 0 aromatic heterocycles. The van der Waals surface area contributed by atoms with E-state index in [9.17, 15) is 13.2 Å². The van der Waals surface area contributed by atoms with Gasteiger partial charge in [0.05, 0.1) is 11.8 Å². The molecule has 1 atom stereocenters. The zero-order valence-corrected chi connectivity index (χ0v) is 19.8. The Morgan fingerprint density at radius 2 is 1.81 bits per heavy atom. The number of hydrogen-bond donors (Lipinski definition) is 2. The van der Waals surface area contributed by atoms with Crippen molar-refractivity contribution in [1.29, 1.82) is 0 Å². The summed E-state index contributed by atoms with van der Waals surface area (Å²) >= 11 is 0. The Bertz CT molecular complexity index is 647. The van der Waals surface area contributed by atoms with Gasteiger partial charge in [-0.05, 0) is 26.7 Å². The number of halogens is 1. The first-order valence-corrected chi connectivity index (χ1v) is 10.9. The number of carbonyl (C=O) groups excluding carboxylic acids is 1. The van der Waals surface area contributed by atoms with Crippen molar-refractivity contribution in [3.05, 3.63) is 0 Å². The highest BCUT2D eigenvalue weighted by molar-refractivity contribution is 14.0. The van der Waals surface area contributed by atoms with Crippen LogP contribution in [0.4, 0.5) is 0 Å². The quantitative estimate of drug-likeness (QED) is 0.289. The molecule has 2 aliphatic rings. The highest BCUT2D eigenvalue weighted by Gasteiger charge is 2.36. The number of aliphatic imine (C=N–C) groups is 1. The summed E-state index contributed by atoms with van der Waals surface area (Å²) in [6.45, 7) is 7.73. The van der Waals surface area contributed by atoms with Gasteiger partial charge in [-0.2, -0.15) is 4.31 Å². The minimum absolute atomic E-state index is 0. The van der Waals surface area contributed by atoms with Crippen molar-refractivity contribution in [3.8, 4) is 0 Å². The molecule has 0 saturated carbocycles. The van der Waals surface area contributed by atoms with E-state index in [1.54, 1.807) is 11.4 Å². The van der Waals surface area contributed by atoms with Gasteiger partial charge in [-0.15, -0.1) is 24.0 Å². The number of nitrogens with zero attached hydrogens (tertiary/aromatic N) is 4. The second-order valence-electron chi connectivity index (χ2n) is 7.50. The highest BCUT2D eigenvalue weighted by Crippen LogP contribution is 2.20. The average molecular weight is 516 g/mol. The van der Waals surface area contributed by atoms with Crippen LogP contribution in [0.25, 0.3) is 0 Å². The van der Waals surface area contributed by atoms with Crippen molar-refractivity contribution in [2.75, 3.05) is 52.6 Å². The van der Waals surface area contributed by atoms with Crippen LogP contribution in [0.1, 0.15) is 26.7 Å². The largest absolute Gasteiger partial charge is 0.368 e. The van der Waals surface area contributed by atoms with Gasteiger partial charge in [0.1, 0.15) is 0 Å². The lowest BCUT2D eigenvalue weighted by molar-refractivity contribution is -0.129. The molecule has 2 fully saturated rings. The van der Waals surface area contributed by atoms with Crippen molar-refractivity contribution in [2.45, 2.75) is 38.3 Å². The molecule has 0 bridgehead atoms. The number of nitrogens with one attached hydrogen (secondary N) is 1. The molecular formula is C16H33IN6O3S. The van der Waals surface area contributed by atoms with Gasteiger partial charge in [-0.25, -0.2) is 8.42 Å². The number of amides is 1. The molecule has 0 aromatic rings. The predicted octanol–water partition coefficient (Wildman–Crippen LogP) is -0.515. The van der Waals surface area contributed by atoms with E-state index in [1.807, 2.05) is 13.8 Å². The number of hydrogen-bond acceptors (Lipinski definition) is 5. The number of guanidine groups is 1. The molecule has 2 rings (SSSR count). The number of carbonyl (C=O) groups is 1. The SMILES string of the molecule is CN=C(NC[C@H]1CCCN1S(C)(=O)=O)N1CCN(C(C)(C)C(N)=O)CC1.I. The Morgan fingerprint density at radius 3 is 2.30 bits per heavy atom. The fourth-order valence-corrected chi connectivity index (χ4v) is 4.81. The van der Waals surface area contributed by atoms with E-state index in [1.165, 1.54) is 6.26 Å². The number of sulfonamides is 1. The van der Waals surface area contributed by atoms with Crippen LogP contribution in [-0.2, 0) is 14.8 Å². The average Bonchev–Trinajstić information content (AvgIpc) is 3.04. The van der Waals surface area contributed by atoms with Gasteiger partial charge in [-0.1, -0.05) is 0 Å². The van der Waals surface area contributed by atoms with Crippen LogP contribution in [0.2, 0.25) is 0 Å². The van der Waals surface area contributed by atoms with Crippen LogP contribution in [0.3, 0.4) is 0 Å². The van der Waals surface area contributed by atoms with Crippen molar-refractivity contribution < 1.29 is 13.2 Å². The molecule has 2 saturated heterocycles. The summed E-state index contributed by atoms with van der Waals surface area (Å²) in [5.41, 5.74) is 4.84. The maximum absolute atomic E-state index is 11.9. The maximum Gasteiger partial charge on any atom is 0.237 e. The maximum atomic E-state index is 11.9. The van der Waals surface area contributed by atoms with Gasteiger partial charge in [-0.3, -0.25) is 14.7 Å². The second-order valence-corrected chi connectivity index (χ2v) is 9.43. The molecule has 158 valence electrons. The van der Waals surface area contributed by atoms with E-state index < -0.39 is 15.6 Å². The molecule has 3 N–H and O–H groups in total. The minimum Gasteiger partial charge on any atom is -0.368 e. The van der Waals surface area contributed by atoms with Crippen LogP contribution in [0.5, 0.6) is 0 Å². The molecule has 11 heteroatoms.